The topological polar surface area (TPSA) is 63.4 Å². The zero-order valence-corrected chi connectivity index (χ0v) is 16.8. The summed E-state index contributed by atoms with van der Waals surface area (Å²) in [5.41, 5.74) is 6.17. The van der Waals surface area contributed by atoms with Crippen LogP contribution in [0.15, 0.2) is 53.6 Å². The highest BCUT2D eigenvalue weighted by atomic mass is 19.1. The first-order chi connectivity index (χ1) is 14.5. The molecule has 150 valence electrons. The smallest absolute Gasteiger partial charge is 0.274 e. The molecule has 0 unspecified atom stereocenters. The van der Waals surface area contributed by atoms with Crippen LogP contribution in [0.2, 0.25) is 0 Å². The van der Waals surface area contributed by atoms with E-state index >= 15 is 0 Å². The Morgan fingerprint density at radius 3 is 2.77 bits per heavy atom. The Labute approximate surface area is 172 Å². The third-order valence-corrected chi connectivity index (χ3v) is 5.59. The molecule has 0 aliphatic carbocycles. The zero-order valence-electron chi connectivity index (χ0n) is 16.8. The minimum absolute atomic E-state index is 0.204. The Bertz CT molecular complexity index is 1350. The van der Waals surface area contributed by atoms with E-state index in [0.29, 0.717) is 12.2 Å². The summed E-state index contributed by atoms with van der Waals surface area (Å²) in [6.07, 6.45) is 4.09. The molecule has 0 spiro atoms. The molecule has 6 nitrogen and oxygen atoms in total. The third kappa shape index (κ3) is 3.12. The van der Waals surface area contributed by atoms with Gasteiger partial charge < -0.3 is 4.90 Å². The number of fused-ring (bicyclic) bond motifs is 2. The second-order valence-corrected chi connectivity index (χ2v) is 7.66. The first kappa shape index (κ1) is 18.4. The predicted octanol–water partition coefficient (Wildman–Crippen LogP) is 3.47. The van der Waals surface area contributed by atoms with Crippen LogP contribution in [0.3, 0.4) is 0 Å². The molecule has 0 amide bonds. The maximum Gasteiger partial charge on any atom is 0.274 e. The molecule has 1 aliphatic heterocycles. The lowest BCUT2D eigenvalue weighted by Gasteiger charge is -2.30. The van der Waals surface area contributed by atoms with Crippen molar-refractivity contribution in [1.82, 2.24) is 19.6 Å². The van der Waals surface area contributed by atoms with Gasteiger partial charge in [0, 0.05) is 49.2 Å². The fraction of sp³-hybridized carbons (Fsp3) is 0.217. The van der Waals surface area contributed by atoms with Gasteiger partial charge in [0.2, 0.25) is 0 Å². The standard InChI is InChI=1S/C23H20FN5O/c1-14-3-4-18(24)11-19(14)16-10-17-13-28(8-6-20(17)26-12-16)23-15(2)9-21-25-7-5-22(30)29(21)27-23/h3-5,7,9-12H,6,8,13H2,1-2H3. The second kappa shape index (κ2) is 7.02. The van der Waals surface area contributed by atoms with Crippen LogP contribution in [0.5, 0.6) is 0 Å². The van der Waals surface area contributed by atoms with Crippen molar-refractivity contribution in [2.75, 3.05) is 11.4 Å². The molecule has 30 heavy (non-hydrogen) atoms. The zero-order chi connectivity index (χ0) is 20.8. The molecule has 5 rings (SSSR count). The molecule has 3 aromatic heterocycles. The molecule has 1 aliphatic rings. The minimum Gasteiger partial charge on any atom is -0.350 e. The van der Waals surface area contributed by atoms with E-state index in [1.165, 1.54) is 22.8 Å². The van der Waals surface area contributed by atoms with Crippen LogP contribution < -0.4 is 10.5 Å². The maximum absolute atomic E-state index is 13.8. The molecule has 4 heterocycles. The first-order valence-corrected chi connectivity index (χ1v) is 9.84. The summed E-state index contributed by atoms with van der Waals surface area (Å²) in [4.78, 5) is 23.2. The van der Waals surface area contributed by atoms with Gasteiger partial charge >= 0.3 is 0 Å². The summed E-state index contributed by atoms with van der Waals surface area (Å²) in [7, 11) is 0. The Morgan fingerprint density at radius 2 is 1.90 bits per heavy atom. The Hall–Kier alpha value is -3.61. The number of pyridine rings is 1. The van der Waals surface area contributed by atoms with Crippen molar-refractivity contribution in [2.24, 2.45) is 0 Å². The summed E-state index contributed by atoms with van der Waals surface area (Å²) in [6.45, 7) is 5.32. The molecule has 0 bridgehead atoms. The van der Waals surface area contributed by atoms with Gasteiger partial charge in [0.1, 0.15) is 5.82 Å². The Kier molecular flexibility index (Phi) is 4.31. The fourth-order valence-electron chi connectivity index (χ4n) is 4.02. The molecular formula is C23H20FN5O. The number of halogens is 1. The molecule has 7 heteroatoms. The second-order valence-electron chi connectivity index (χ2n) is 7.66. The van der Waals surface area contributed by atoms with Crippen LogP contribution in [0, 0.1) is 19.7 Å². The average Bonchev–Trinajstić information content (AvgIpc) is 2.74. The van der Waals surface area contributed by atoms with Crippen molar-refractivity contribution in [2.45, 2.75) is 26.8 Å². The van der Waals surface area contributed by atoms with Gasteiger partial charge in [-0.05, 0) is 60.4 Å². The van der Waals surface area contributed by atoms with Crippen LogP contribution in [-0.2, 0) is 13.0 Å². The van der Waals surface area contributed by atoms with Crippen molar-refractivity contribution in [3.8, 4) is 11.1 Å². The quantitative estimate of drug-likeness (QED) is 0.515. The number of benzene rings is 1. The van der Waals surface area contributed by atoms with Gasteiger partial charge in [0.15, 0.2) is 11.5 Å². The van der Waals surface area contributed by atoms with E-state index in [4.69, 9.17) is 0 Å². The van der Waals surface area contributed by atoms with Crippen molar-refractivity contribution in [1.29, 1.82) is 0 Å². The van der Waals surface area contributed by atoms with Crippen molar-refractivity contribution in [3.05, 3.63) is 87.3 Å². The van der Waals surface area contributed by atoms with Crippen LogP contribution in [-0.4, -0.2) is 26.1 Å². The van der Waals surface area contributed by atoms with Crippen LogP contribution >= 0.6 is 0 Å². The van der Waals surface area contributed by atoms with Gasteiger partial charge in [-0.3, -0.25) is 9.78 Å². The highest BCUT2D eigenvalue weighted by molar-refractivity contribution is 5.67. The lowest BCUT2D eigenvalue weighted by molar-refractivity contribution is 0.628. The van der Waals surface area contributed by atoms with Crippen LogP contribution in [0.25, 0.3) is 16.8 Å². The van der Waals surface area contributed by atoms with E-state index in [2.05, 4.69) is 26.0 Å². The highest BCUT2D eigenvalue weighted by Gasteiger charge is 2.22. The Balaban J connectivity index is 1.54. The molecule has 0 fully saturated rings. The fourth-order valence-corrected chi connectivity index (χ4v) is 4.02. The molecule has 0 saturated carbocycles. The van der Waals surface area contributed by atoms with Gasteiger partial charge in [-0.25, -0.2) is 9.37 Å². The van der Waals surface area contributed by atoms with Crippen LogP contribution in [0.1, 0.15) is 22.4 Å². The molecular weight excluding hydrogens is 381 g/mol. The lowest BCUT2D eigenvalue weighted by atomic mass is 9.97. The molecule has 0 N–H and O–H groups in total. The number of anilines is 1. The molecule has 0 saturated heterocycles. The normalized spacial score (nSPS) is 13.5. The van der Waals surface area contributed by atoms with Gasteiger partial charge in [0.25, 0.3) is 5.56 Å². The molecule has 4 aromatic rings. The summed E-state index contributed by atoms with van der Waals surface area (Å²) >= 11 is 0. The average molecular weight is 401 g/mol. The van der Waals surface area contributed by atoms with Crippen molar-refractivity contribution >= 4 is 11.5 Å². The van der Waals surface area contributed by atoms with Gasteiger partial charge in [-0.2, -0.15) is 4.52 Å². The van der Waals surface area contributed by atoms with E-state index in [9.17, 15) is 9.18 Å². The van der Waals surface area contributed by atoms with Crippen molar-refractivity contribution < 1.29 is 4.39 Å². The summed E-state index contributed by atoms with van der Waals surface area (Å²) in [6, 6.07) is 10.2. The number of aryl methyl sites for hydroxylation is 2. The minimum atomic E-state index is -0.259. The monoisotopic (exact) mass is 401 g/mol. The number of rotatable bonds is 2. The first-order valence-electron chi connectivity index (χ1n) is 9.84. The summed E-state index contributed by atoms with van der Waals surface area (Å²) < 4.78 is 15.1. The van der Waals surface area contributed by atoms with Gasteiger partial charge in [0.05, 0.1) is 0 Å². The Morgan fingerprint density at radius 1 is 1.03 bits per heavy atom. The maximum atomic E-state index is 13.8. The SMILES string of the molecule is Cc1ccc(F)cc1-c1cnc2c(c1)CN(c1nn3c(=O)ccnc3cc1C)CC2. The lowest BCUT2D eigenvalue weighted by Crippen LogP contribution is -2.33. The number of nitrogens with zero attached hydrogens (tertiary/aromatic N) is 5. The highest BCUT2D eigenvalue weighted by Crippen LogP contribution is 2.29. The number of hydrogen-bond acceptors (Lipinski definition) is 5. The molecule has 0 atom stereocenters. The summed E-state index contributed by atoms with van der Waals surface area (Å²) in [5, 5.41) is 4.57. The number of aromatic nitrogens is 4. The van der Waals surface area contributed by atoms with E-state index in [0.717, 1.165) is 52.3 Å². The van der Waals surface area contributed by atoms with Crippen molar-refractivity contribution in [3.63, 3.8) is 0 Å². The molecule has 1 aromatic carbocycles. The van der Waals surface area contributed by atoms with E-state index in [-0.39, 0.29) is 11.4 Å². The van der Waals surface area contributed by atoms with Crippen LogP contribution in [0.4, 0.5) is 10.2 Å². The van der Waals surface area contributed by atoms with E-state index < -0.39 is 0 Å². The largest absolute Gasteiger partial charge is 0.350 e. The molecule has 0 radical (unpaired) electrons. The van der Waals surface area contributed by atoms with Gasteiger partial charge in [-0.15, -0.1) is 5.10 Å². The van der Waals surface area contributed by atoms with E-state index in [1.54, 1.807) is 12.1 Å². The predicted molar refractivity (Wildman–Crippen MR) is 113 cm³/mol. The van der Waals surface area contributed by atoms with Gasteiger partial charge in [-0.1, -0.05) is 6.07 Å². The number of hydrogen-bond donors (Lipinski definition) is 0. The third-order valence-electron chi connectivity index (χ3n) is 5.59. The van der Waals surface area contributed by atoms with E-state index in [1.807, 2.05) is 26.1 Å². The summed E-state index contributed by atoms with van der Waals surface area (Å²) in [5.74, 6) is 0.501.